The number of halogens is 3. The van der Waals surface area contributed by atoms with Crippen LogP contribution in [-0.4, -0.2) is 51.3 Å². The van der Waals surface area contributed by atoms with E-state index < -0.39 is 28.6 Å². The summed E-state index contributed by atoms with van der Waals surface area (Å²) in [6, 6.07) is 4.15. The van der Waals surface area contributed by atoms with Crippen molar-refractivity contribution < 1.29 is 26.7 Å². The molecule has 1 aliphatic rings. The van der Waals surface area contributed by atoms with Gasteiger partial charge < -0.3 is 9.64 Å². The fourth-order valence-electron chi connectivity index (χ4n) is 2.32. The molecule has 1 fully saturated rings. The molecule has 1 saturated heterocycles. The number of hydrogen-bond acceptors (Lipinski definition) is 4. The van der Waals surface area contributed by atoms with E-state index in [1.54, 1.807) is 0 Å². The van der Waals surface area contributed by atoms with Crippen LogP contribution in [0.15, 0.2) is 18.2 Å². The van der Waals surface area contributed by atoms with E-state index in [1.165, 1.54) is 23.1 Å². The zero-order chi connectivity index (χ0) is 17.2. The number of carbonyl (C=O) groups excluding carboxylic acids is 1. The first-order valence-electron chi connectivity index (χ1n) is 6.66. The number of likely N-dealkylation sites (tertiary alicyclic amines) is 1. The average Bonchev–Trinajstić information content (AvgIpc) is 2.86. The predicted octanol–water partition coefficient (Wildman–Crippen LogP) is 2.17. The number of amides is 1. The third-order valence-corrected chi connectivity index (χ3v) is 4.06. The van der Waals surface area contributed by atoms with Gasteiger partial charge in [0.1, 0.15) is 0 Å². The molecule has 0 spiro atoms. The lowest BCUT2D eigenvalue weighted by molar-refractivity contribution is -0.158. The van der Waals surface area contributed by atoms with Crippen LogP contribution >= 0.6 is 11.6 Å². The summed E-state index contributed by atoms with van der Waals surface area (Å²) in [4.78, 5) is 13.9. The molecule has 10 heteroatoms. The van der Waals surface area contributed by atoms with Crippen LogP contribution in [-0.2, 0) is 14.8 Å². The van der Waals surface area contributed by atoms with E-state index in [0.29, 0.717) is 0 Å². The Labute approximate surface area is 137 Å². The highest BCUT2D eigenvalue weighted by molar-refractivity contribution is 7.92. The lowest BCUT2D eigenvalue weighted by atomic mass is 10.1. The molecule has 128 valence electrons. The molecule has 6 nitrogen and oxygen atoms in total. The summed E-state index contributed by atoms with van der Waals surface area (Å²) in [5, 5.41) is 0.256. The zero-order valence-corrected chi connectivity index (χ0v) is 13.7. The maximum Gasteiger partial charge on any atom is 0.345 e. The van der Waals surface area contributed by atoms with Crippen LogP contribution in [0.5, 0.6) is 0 Å². The van der Waals surface area contributed by atoms with E-state index in [1.807, 2.05) is 0 Å². The summed E-state index contributed by atoms with van der Waals surface area (Å²) in [6.07, 6.45) is 0.494. The number of hydrogen-bond donors (Lipinski definition) is 1. The quantitative estimate of drug-likeness (QED) is 0.864. The van der Waals surface area contributed by atoms with Gasteiger partial charge in [-0.25, -0.2) is 8.42 Å². The van der Waals surface area contributed by atoms with Crippen molar-refractivity contribution in [3.8, 4) is 0 Å². The van der Waals surface area contributed by atoms with Crippen molar-refractivity contribution in [2.45, 2.75) is 19.1 Å². The molecule has 0 radical (unpaired) electrons. The smallest absolute Gasteiger partial charge is 0.336 e. The van der Waals surface area contributed by atoms with Crippen LogP contribution in [0.1, 0.15) is 16.8 Å². The topological polar surface area (TPSA) is 75.7 Å². The van der Waals surface area contributed by atoms with Gasteiger partial charge in [0.25, 0.3) is 5.91 Å². The number of carbonyl (C=O) groups is 1. The van der Waals surface area contributed by atoms with E-state index in [0.717, 1.165) is 6.26 Å². The Balaban J connectivity index is 2.21. The van der Waals surface area contributed by atoms with Crippen molar-refractivity contribution in [3.05, 3.63) is 28.8 Å². The van der Waals surface area contributed by atoms with Gasteiger partial charge in [-0.15, -0.1) is 0 Å². The van der Waals surface area contributed by atoms with Gasteiger partial charge in [0.05, 0.1) is 23.6 Å². The standard InChI is InChI=1S/C13H15ClF2N2O4S/c1-23(20,21)17-11-3-2-8(14)6-10(11)12(19)18-5-4-9(7-18)22-13(15)16/h2-3,6,9,13,17H,4-5,7H2,1H3/t9-/m0/s1. The van der Waals surface area contributed by atoms with Gasteiger partial charge in [0.2, 0.25) is 10.0 Å². The molecule has 1 heterocycles. The van der Waals surface area contributed by atoms with Gasteiger partial charge in [0.15, 0.2) is 0 Å². The molecule has 1 aliphatic heterocycles. The first-order valence-corrected chi connectivity index (χ1v) is 8.93. The third-order valence-electron chi connectivity index (χ3n) is 3.23. The number of benzene rings is 1. The minimum absolute atomic E-state index is 0.00794. The van der Waals surface area contributed by atoms with Gasteiger partial charge in [-0.05, 0) is 24.6 Å². The molecule has 23 heavy (non-hydrogen) atoms. The normalized spacial score (nSPS) is 18.5. The van der Waals surface area contributed by atoms with Crippen LogP contribution in [0.3, 0.4) is 0 Å². The number of ether oxygens (including phenoxy) is 1. The summed E-state index contributed by atoms with van der Waals surface area (Å²) >= 11 is 5.86. The van der Waals surface area contributed by atoms with Gasteiger partial charge in [0, 0.05) is 18.1 Å². The van der Waals surface area contributed by atoms with Crippen molar-refractivity contribution in [1.82, 2.24) is 4.90 Å². The van der Waals surface area contributed by atoms with Crippen LogP contribution in [0, 0.1) is 0 Å². The summed E-state index contributed by atoms with van der Waals surface area (Å²) < 4.78 is 53.8. The van der Waals surface area contributed by atoms with Gasteiger partial charge in [-0.2, -0.15) is 8.78 Å². The molecular formula is C13H15ClF2N2O4S. The number of nitrogens with zero attached hydrogens (tertiary/aromatic N) is 1. The minimum atomic E-state index is -3.58. The maximum atomic E-state index is 12.5. The fourth-order valence-corrected chi connectivity index (χ4v) is 3.07. The molecule has 1 aromatic carbocycles. The number of anilines is 1. The second kappa shape index (κ2) is 6.98. The van der Waals surface area contributed by atoms with E-state index in [2.05, 4.69) is 9.46 Å². The second-order valence-electron chi connectivity index (χ2n) is 5.12. The number of sulfonamides is 1. The highest BCUT2D eigenvalue weighted by Gasteiger charge is 2.30. The Morgan fingerprint density at radius 1 is 1.48 bits per heavy atom. The van der Waals surface area contributed by atoms with Crippen LogP contribution in [0.25, 0.3) is 0 Å². The van der Waals surface area contributed by atoms with E-state index in [4.69, 9.17) is 11.6 Å². The van der Waals surface area contributed by atoms with Crippen molar-refractivity contribution in [1.29, 1.82) is 0 Å². The van der Waals surface area contributed by atoms with Crippen LogP contribution in [0.2, 0.25) is 5.02 Å². The summed E-state index contributed by atoms with van der Waals surface area (Å²) in [7, 11) is -3.58. The lowest BCUT2D eigenvalue weighted by Crippen LogP contribution is -2.31. The van der Waals surface area contributed by atoms with Crippen molar-refractivity contribution >= 4 is 33.2 Å². The molecule has 1 atom stereocenters. The van der Waals surface area contributed by atoms with Crippen molar-refractivity contribution in [2.75, 3.05) is 24.1 Å². The van der Waals surface area contributed by atoms with Crippen molar-refractivity contribution in [2.24, 2.45) is 0 Å². The highest BCUT2D eigenvalue weighted by Crippen LogP contribution is 2.25. The Kier molecular flexibility index (Phi) is 5.43. The summed E-state index contributed by atoms with van der Waals surface area (Å²) in [6.45, 7) is -2.65. The zero-order valence-electron chi connectivity index (χ0n) is 12.1. The molecular weight excluding hydrogens is 354 g/mol. The Morgan fingerprint density at radius 2 is 2.17 bits per heavy atom. The largest absolute Gasteiger partial charge is 0.345 e. The fraction of sp³-hybridized carbons (Fsp3) is 0.462. The molecule has 0 aliphatic carbocycles. The van der Waals surface area contributed by atoms with E-state index in [9.17, 15) is 22.0 Å². The van der Waals surface area contributed by atoms with E-state index in [-0.39, 0.29) is 35.8 Å². The van der Waals surface area contributed by atoms with Crippen molar-refractivity contribution in [3.63, 3.8) is 0 Å². The Morgan fingerprint density at radius 3 is 2.78 bits per heavy atom. The second-order valence-corrected chi connectivity index (χ2v) is 7.31. The summed E-state index contributed by atoms with van der Waals surface area (Å²) in [5.74, 6) is -0.501. The molecule has 0 bridgehead atoms. The molecule has 1 N–H and O–H groups in total. The monoisotopic (exact) mass is 368 g/mol. The third kappa shape index (κ3) is 5.02. The molecule has 0 unspecified atom stereocenters. The Bertz CT molecular complexity index is 699. The minimum Gasteiger partial charge on any atom is -0.336 e. The predicted molar refractivity (Wildman–Crippen MR) is 81.3 cm³/mol. The van der Waals surface area contributed by atoms with Gasteiger partial charge >= 0.3 is 6.61 Å². The molecule has 1 amide bonds. The number of rotatable bonds is 5. The first kappa shape index (κ1) is 17.9. The molecule has 2 rings (SSSR count). The van der Waals surface area contributed by atoms with Crippen LogP contribution in [0.4, 0.5) is 14.5 Å². The van der Waals surface area contributed by atoms with Gasteiger partial charge in [-0.3, -0.25) is 9.52 Å². The highest BCUT2D eigenvalue weighted by atomic mass is 35.5. The number of alkyl halides is 2. The SMILES string of the molecule is CS(=O)(=O)Nc1ccc(Cl)cc1C(=O)N1CC[C@H](OC(F)F)C1. The maximum absolute atomic E-state index is 12.5. The van der Waals surface area contributed by atoms with Gasteiger partial charge in [-0.1, -0.05) is 11.6 Å². The van der Waals surface area contributed by atoms with Crippen LogP contribution < -0.4 is 4.72 Å². The molecule has 0 saturated carbocycles. The summed E-state index contributed by atoms with van der Waals surface area (Å²) in [5.41, 5.74) is 0.140. The first-order chi connectivity index (χ1) is 10.7. The van der Waals surface area contributed by atoms with E-state index >= 15 is 0 Å². The number of nitrogens with one attached hydrogen (secondary N) is 1. The molecule has 1 aromatic rings. The average molecular weight is 369 g/mol. The lowest BCUT2D eigenvalue weighted by Gasteiger charge is -2.19. The molecule has 0 aromatic heterocycles. The Hall–Kier alpha value is -1.45.